The predicted molar refractivity (Wildman–Crippen MR) is 68.8 cm³/mol. The van der Waals surface area contributed by atoms with Crippen molar-refractivity contribution >= 4 is 0 Å². The molecule has 0 saturated carbocycles. The normalized spacial score (nSPS) is 18.8. The number of nitrogens with zero attached hydrogens (tertiary/aromatic N) is 1. The fourth-order valence-corrected chi connectivity index (χ4v) is 2.38. The van der Waals surface area contributed by atoms with Gasteiger partial charge in [-0.05, 0) is 18.2 Å². The lowest BCUT2D eigenvalue weighted by Gasteiger charge is -2.33. The van der Waals surface area contributed by atoms with Gasteiger partial charge in [-0.25, -0.2) is 4.39 Å². The van der Waals surface area contributed by atoms with Crippen LogP contribution < -0.4 is 5.32 Å². The summed E-state index contributed by atoms with van der Waals surface area (Å²) >= 11 is 0. The summed E-state index contributed by atoms with van der Waals surface area (Å²) in [6.45, 7) is 6.38. The van der Waals surface area contributed by atoms with Gasteiger partial charge in [-0.15, -0.1) is 6.58 Å². The molecule has 1 heterocycles. The molecule has 20 heavy (non-hydrogen) atoms. The van der Waals surface area contributed by atoms with E-state index in [-0.39, 0.29) is 5.56 Å². The van der Waals surface area contributed by atoms with Gasteiger partial charge < -0.3 is 5.32 Å². The van der Waals surface area contributed by atoms with Gasteiger partial charge in [-0.2, -0.15) is 13.2 Å². The Kier molecular flexibility index (Phi) is 4.45. The molecule has 110 valence electrons. The van der Waals surface area contributed by atoms with Crippen molar-refractivity contribution in [3.05, 3.63) is 47.8 Å². The quantitative estimate of drug-likeness (QED) is 0.679. The highest BCUT2D eigenvalue weighted by atomic mass is 19.4. The van der Waals surface area contributed by atoms with E-state index in [2.05, 4.69) is 11.9 Å². The molecule has 0 spiro atoms. The fraction of sp³-hybridized carbons (Fsp3) is 0.429. The second-order valence-corrected chi connectivity index (χ2v) is 4.70. The molecule has 1 aromatic rings. The Bertz CT molecular complexity index is 479. The third-order valence-corrected chi connectivity index (χ3v) is 3.41. The van der Waals surface area contributed by atoms with Gasteiger partial charge in [0.25, 0.3) is 0 Å². The van der Waals surface area contributed by atoms with Gasteiger partial charge in [0, 0.05) is 31.7 Å². The molecule has 1 N–H and O–H groups in total. The van der Waals surface area contributed by atoms with Gasteiger partial charge in [-0.3, -0.25) is 4.90 Å². The number of alkyl halides is 3. The largest absolute Gasteiger partial charge is 0.416 e. The van der Waals surface area contributed by atoms with Crippen LogP contribution in [0.4, 0.5) is 17.6 Å². The number of halogens is 4. The number of rotatable bonds is 3. The van der Waals surface area contributed by atoms with Crippen molar-refractivity contribution < 1.29 is 17.6 Å². The summed E-state index contributed by atoms with van der Waals surface area (Å²) < 4.78 is 52.1. The van der Waals surface area contributed by atoms with Crippen LogP contribution >= 0.6 is 0 Å². The van der Waals surface area contributed by atoms with Crippen LogP contribution in [0.1, 0.15) is 17.2 Å². The van der Waals surface area contributed by atoms with E-state index in [1.165, 1.54) is 6.08 Å². The summed E-state index contributed by atoms with van der Waals surface area (Å²) in [6.07, 6.45) is -2.98. The van der Waals surface area contributed by atoms with Crippen LogP contribution in [0.5, 0.6) is 0 Å². The molecule has 0 aromatic heterocycles. The Balaban J connectivity index is 2.35. The van der Waals surface area contributed by atoms with E-state index >= 15 is 0 Å². The number of hydrogen-bond donors (Lipinski definition) is 1. The van der Waals surface area contributed by atoms with Crippen molar-refractivity contribution in [3.63, 3.8) is 0 Å². The van der Waals surface area contributed by atoms with Crippen molar-refractivity contribution in [1.82, 2.24) is 10.2 Å². The van der Waals surface area contributed by atoms with Crippen molar-refractivity contribution in [2.45, 2.75) is 12.2 Å². The maximum absolute atomic E-state index is 13.9. The van der Waals surface area contributed by atoms with Crippen LogP contribution in [0.3, 0.4) is 0 Å². The maximum Gasteiger partial charge on any atom is 0.416 e. The van der Waals surface area contributed by atoms with E-state index in [1.54, 1.807) is 0 Å². The topological polar surface area (TPSA) is 15.3 Å². The smallest absolute Gasteiger partial charge is 0.314 e. The summed E-state index contributed by atoms with van der Waals surface area (Å²) in [7, 11) is 0. The lowest BCUT2D eigenvalue weighted by atomic mass is 10.0. The monoisotopic (exact) mass is 288 g/mol. The molecule has 0 unspecified atom stereocenters. The summed E-state index contributed by atoms with van der Waals surface area (Å²) in [6, 6.07) is 1.97. The molecule has 6 heteroatoms. The molecule has 1 atom stereocenters. The van der Waals surface area contributed by atoms with E-state index in [0.717, 1.165) is 31.3 Å². The lowest BCUT2D eigenvalue weighted by Crippen LogP contribution is -2.44. The third-order valence-electron chi connectivity index (χ3n) is 3.41. The second-order valence-electron chi connectivity index (χ2n) is 4.70. The van der Waals surface area contributed by atoms with Gasteiger partial charge in [0.2, 0.25) is 0 Å². The molecule has 0 radical (unpaired) electrons. The number of piperazine rings is 1. The average Bonchev–Trinajstić information content (AvgIpc) is 2.41. The summed E-state index contributed by atoms with van der Waals surface area (Å²) in [5.74, 6) is -0.638. The summed E-state index contributed by atoms with van der Waals surface area (Å²) in [4.78, 5) is 1.92. The van der Waals surface area contributed by atoms with E-state index < -0.39 is 23.6 Å². The Morgan fingerprint density at radius 2 is 1.90 bits per heavy atom. The first-order chi connectivity index (χ1) is 9.43. The van der Waals surface area contributed by atoms with Crippen molar-refractivity contribution in [2.75, 3.05) is 26.2 Å². The molecule has 0 bridgehead atoms. The zero-order valence-electron chi connectivity index (χ0n) is 10.9. The Morgan fingerprint density at radius 1 is 1.25 bits per heavy atom. The summed E-state index contributed by atoms with van der Waals surface area (Å²) in [5, 5.41) is 3.15. The number of hydrogen-bond acceptors (Lipinski definition) is 2. The minimum Gasteiger partial charge on any atom is -0.314 e. The fourth-order valence-electron chi connectivity index (χ4n) is 2.38. The van der Waals surface area contributed by atoms with Crippen LogP contribution in [0, 0.1) is 5.82 Å². The highest BCUT2D eigenvalue weighted by Crippen LogP contribution is 2.33. The van der Waals surface area contributed by atoms with Crippen LogP contribution in [-0.2, 0) is 6.18 Å². The molecule has 0 amide bonds. The molecule has 1 aliphatic rings. The zero-order chi connectivity index (χ0) is 14.8. The van der Waals surface area contributed by atoms with E-state index in [0.29, 0.717) is 13.1 Å². The third kappa shape index (κ3) is 3.19. The van der Waals surface area contributed by atoms with Crippen LogP contribution in [-0.4, -0.2) is 31.1 Å². The van der Waals surface area contributed by atoms with E-state index in [1.807, 2.05) is 4.90 Å². The number of benzene rings is 1. The predicted octanol–water partition coefficient (Wildman–Crippen LogP) is 2.98. The maximum atomic E-state index is 13.9. The number of nitrogens with one attached hydrogen (secondary N) is 1. The van der Waals surface area contributed by atoms with Gasteiger partial charge in [0.1, 0.15) is 5.82 Å². The van der Waals surface area contributed by atoms with Crippen molar-refractivity contribution in [1.29, 1.82) is 0 Å². The molecule has 0 aliphatic carbocycles. The molecule has 2 nitrogen and oxygen atoms in total. The molecule has 1 saturated heterocycles. The first-order valence-electron chi connectivity index (χ1n) is 6.37. The highest BCUT2D eigenvalue weighted by Gasteiger charge is 2.32. The molecule has 1 aliphatic heterocycles. The lowest BCUT2D eigenvalue weighted by molar-refractivity contribution is -0.137. The molecule has 2 rings (SSSR count). The van der Waals surface area contributed by atoms with E-state index in [9.17, 15) is 17.6 Å². The van der Waals surface area contributed by atoms with Crippen molar-refractivity contribution in [3.8, 4) is 0 Å². The highest BCUT2D eigenvalue weighted by molar-refractivity contribution is 5.31. The minimum absolute atomic E-state index is 0.0247. The van der Waals surface area contributed by atoms with Crippen molar-refractivity contribution in [2.24, 2.45) is 0 Å². The average molecular weight is 288 g/mol. The van der Waals surface area contributed by atoms with Gasteiger partial charge in [0.15, 0.2) is 0 Å². The summed E-state index contributed by atoms with van der Waals surface area (Å²) in [5.41, 5.74) is -0.812. The molecular formula is C14H16F4N2. The van der Waals surface area contributed by atoms with Gasteiger partial charge in [-0.1, -0.05) is 6.08 Å². The Hall–Kier alpha value is -1.40. The Morgan fingerprint density at radius 3 is 2.45 bits per heavy atom. The van der Waals surface area contributed by atoms with Gasteiger partial charge in [0.05, 0.1) is 11.6 Å². The second kappa shape index (κ2) is 5.93. The zero-order valence-corrected chi connectivity index (χ0v) is 10.9. The first kappa shape index (κ1) is 15.0. The van der Waals surface area contributed by atoms with Gasteiger partial charge >= 0.3 is 6.18 Å². The van der Waals surface area contributed by atoms with Crippen LogP contribution in [0.2, 0.25) is 0 Å². The van der Waals surface area contributed by atoms with Crippen LogP contribution in [0.25, 0.3) is 0 Å². The molecular weight excluding hydrogens is 272 g/mol. The minimum atomic E-state index is -4.47. The molecule has 1 fully saturated rings. The molecule has 1 aromatic carbocycles. The first-order valence-corrected chi connectivity index (χ1v) is 6.37. The van der Waals surface area contributed by atoms with E-state index in [4.69, 9.17) is 0 Å². The Labute approximate surface area is 115 Å². The van der Waals surface area contributed by atoms with Crippen LogP contribution in [0.15, 0.2) is 30.9 Å². The standard InChI is InChI=1S/C14H16F4N2/c1-2-13(20-7-5-19-6-8-20)11-9-10(14(16,17)18)3-4-12(11)15/h2-4,9,13,19H,1,5-8H2/t13-/m0/s1. The SMILES string of the molecule is C=C[C@@H](c1cc(C(F)(F)F)ccc1F)N1CCNCC1.